The topological polar surface area (TPSA) is 66.4 Å². The van der Waals surface area contributed by atoms with E-state index in [1.165, 1.54) is 0 Å². The van der Waals surface area contributed by atoms with E-state index in [4.69, 9.17) is 16.7 Å². The summed E-state index contributed by atoms with van der Waals surface area (Å²) in [7, 11) is 0. The van der Waals surface area contributed by atoms with Crippen molar-refractivity contribution in [3.63, 3.8) is 0 Å². The first kappa shape index (κ1) is 16.8. The normalized spacial score (nSPS) is 22.8. The van der Waals surface area contributed by atoms with E-state index in [-0.39, 0.29) is 17.9 Å². The van der Waals surface area contributed by atoms with Gasteiger partial charge < -0.3 is 10.4 Å². The summed E-state index contributed by atoms with van der Waals surface area (Å²) >= 11 is 6.01. The Labute approximate surface area is 135 Å². The zero-order valence-corrected chi connectivity index (χ0v) is 13.5. The molecule has 0 bridgehead atoms. The molecule has 0 aliphatic heterocycles. The number of hydrogen-bond donors (Lipinski definition) is 2. The molecule has 1 fully saturated rings. The minimum atomic E-state index is -0.792. The smallest absolute Gasteiger partial charge is 0.306 e. The van der Waals surface area contributed by atoms with Gasteiger partial charge in [0.05, 0.1) is 12.0 Å². The molecule has 0 saturated heterocycles. The minimum Gasteiger partial charge on any atom is -0.481 e. The number of carbonyl (C=O) groups is 2. The van der Waals surface area contributed by atoms with E-state index in [1.54, 1.807) is 6.07 Å². The average Bonchev–Trinajstić information content (AvgIpc) is 2.52. The van der Waals surface area contributed by atoms with Gasteiger partial charge in [-0.1, -0.05) is 37.1 Å². The first-order valence-electron chi connectivity index (χ1n) is 7.80. The Hall–Kier alpha value is -1.55. The molecule has 2 N–H and O–H groups in total. The lowest BCUT2D eigenvalue weighted by molar-refractivity contribution is -0.144. The van der Waals surface area contributed by atoms with Crippen molar-refractivity contribution in [2.75, 3.05) is 0 Å². The predicted molar refractivity (Wildman–Crippen MR) is 85.7 cm³/mol. The third-order valence-corrected chi connectivity index (χ3v) is 4.61. The summed E-state index contributed by atoms with van der Waals surface area (Å²) in [5, 5.41) is 12.8. The Bertz CT molecular complexity index is 546. The average molecular weight is 324 g/mol. The molecular formula is C17H22ClNO3. The van der Waals surface area contributed by atoms with E-state index in [0.717, 1.165) is 24.8 Å². The molecule has 1 aliphatic rings. The molecule has 4 nitrogen and oxygen atoms in total. The molecule has 5 heteroatoms. The van der Waals surface area contributed by atoms with Gasteiger partial charge in [0.2, 0.25) is 5.91 Å². The Kier molecular flexibility index (Phi) is 5.83. The minimum absolute atomic E-state index is 0.0437. The van der Waals surface area contributed by atoms with E-state index >= 15 is 0 Å². The van der Waals surface area contributed by atoms with E-state index in [0.29, 0.717) is 17.9 Å². The second-order valence-electron chi connectivity index (χ2n) is 5.92. The highest BCUT2D eigenvalue weighted by molar-refractivity contribution is 6.30. The van der Waals surface area contributed by atoms with Crippen LogP contribution < -0.4 is 5.32 Å². The van der Waals surface area contributed by atoms with Crippen molar-refractivity contribution in [3.8, 4) is 0 Å². The van der Waals surface area contributed by atoms with Crippen molar-refractivity contribution >= 4 is 23.5 Å². The van der Waals surface area contributed by atoms with Crippen LogP contribution in [0.3, 0.4) is 0 Å². The van der Waals surface area contributed by atoms with Crippen LogP contribution in [0.5, 0.6) is 0 Å². The van der Waals surface area contributed by atoms with Crippen LogP contribution in [0, 0.1) is 11.8 Å². The van der Waals surface area contributed by atoms with Crippen LogP contribution in [0.25, 0.3) is 0 Å². The molecule has 1 aliphatic carbocycles. The van der Waals surface area contributed by atoms with Crippen LogP contribution in [0.2, 0.25) is 5.02 Å². The molecular weight excluding hydrogens is 302 g/mol. The first-order chi connectivity index (χ1) is 10.5. The summed E-state index contributed by atoms with van der Waals surface area (Å²) < 4.78 is 0. The van der Waals surface area contributed by atoms with Gasteiger partial charge in [-0.25, -0.2) is 0 Å². The molecule has 1 aromatic carbocycles. The number of hydrogen-bond acceptors (Lipinski definition) is 2. The number of carboxylic acids is 1. The quantitative estimate of drug-likeness (QED) is 0.866. The maximum atomic E-state index is 12.5. The lowest BCUT2D eigenvalue weighted by atomic mass is 9.81. The van der Waals surface area contributed by atoms with Crippen molar-refractivity contribution in [2.45, 2.75) is 45.1 Å². The van der Waals surface area contributed by atoms with Gasteiger partial charge in [-0.15, -0.1) is 0 Å². The van der Waals surface area contributed by atoms with E-state index < -0.39 is 11.9 Å². The fraction of sp³-hybridized carbons (Fsp3) is 0.529. The predicted octanol–water partition coefficient (Wildman–Crippen LogP) is 3.80. The molecule has 0 spiro atoms. The maximum Gasteiger partial charge on any atom is 0.306 e. The van der Waals surface area contributed by atoms with Crippen molar-refractivity contribution in [1.82, 2.24) is 5.32 Å². The number of aliphatic carboxylic acids is 1. The summed E-state index contributed by atoms with van der Waals surface area (Å²) in [6, 6.07) is 7.39. The Morgan fingerprint density at radius 1 is 1.36 bits per heavy atom. The number of carbonyl (C=O) groups excluding carboxylic acids is 1. The fourth-order valence-electron chi connectivity index (χ4n) is 3.09. The Morgan fingerprint density at radius 3 is 2.73 bits per heavy atom. The molecule has 120 valence electrons. The van der Waals surface area contributed by atoms with Crippen LogP contribution in [0.15, 0.2) is 24.3 Å². The molecule has 0 radical (unpaired) electrons. The van der Waals surface area contributed by atoms with Gasteiger partial charge in [-0.2, -0.15) is 0 Å². The van der Waals surface area contributed by atoms with Gasteiger partial charge >= 0.3 is 5.97 Å². The number of carboxylic acid groups (broad SMARTS) is 1. The number of halogens is 1. The second-order valence-corrected chi connectivity index (χ2v) is 6.36. The molecule has 0 aromatic heterocycles. The molecule has 1 saturated carbocycles. The van der Waals surface area contributed by atoms with Crippen LogP contribution in [0.1, 0.15) is 50.6 Å². The van der Waals surface area contributed by atoms with Crippen LogP contribution in [0.4, 0.5) is 0 Å². The zero-order chi connectivity index (χ0) is 16.1. The van der Waals surface area contributed by atoms with Crippen molar-refractivity contribution in [1.29, 1.82) is 0 Å². The molecule has 0 heterocycles. The summed E-state index contributed by atoms with van der Waals surface area (Å²) in [6.45, 7) is 2.01. The third kappa shape index (κ3) is 4.23. The number of benzene rings is 1. The summed E-state index contributed by atoms with van der Waals surface area (Å²) in [6.07, 6.45) is 3.43. The van der Waals surface area contributed by atoms with Crippen molar-refractivity contribution in [2.24, 2.45) is 11.8 Å². The highest BCUT2D eigenvalue weighted by atomic mass is 35.5. The Balaban J connectivity index is 2.01. The van der Waals surface area contributed by atoms with Crippen LogP contribution in [-0.4, -0.2) is 17.0 Å². The highest BCUT2D eigenvalue weighted by Gasteiger charge is 2.31. The fourth-order valence-corrected chi connectivity index (χ4v) is 3.28. The van der Waals surface area contributed by atoms with Gasteiger partial charge in [-0.05, 0) is 43.4 Å². The SMILES string of the molecule is CCC(NC(=O)C1CCCC(C(=O)O)C1)c1cccc(Cl)c1. The number of nitrogens with one attached hydrogen (secondary N) is 1. The largest absolute Gasteiger partial charge is 0.481 e. The second kappa shape index (κ2) is 7.63. The zero-order valence-electron chi connectivity index (χ0n) is 12.7. The van der Waals surface area contributed by atoms with Crippen molar-refractivity contribution in [3.05, 3.63) is 34.9 Å². The summed E-state index contributed by atoms with van der Waals surface area (Å²) in [5.41, 5.74) is 0.981. The van der Waals surface area contributed by atoms with Crippen molar-refractivity contribution < 1.29 is 14.7 Å². The first-order valence-corrected chi connectivity index (χ1v) is 8.17. The van der Waals surface area contributed by atoms with Gasteiger partial charge in [0, 0.05) is 10.9 Å². The Morgan fingerprint density at radius 2 is 2.09 bits per heavy atom. The molecule has 22 heavy (non-hydrogen) atoms. The van der Waals surface area contributed by atoms with E-state index in [1.807, 2.05) is 25.1 Å². The van der Waals surface area contributed by atoms with E-state index in [2.05, 4.69) is 5.32 Å². The van der Waals surface area contributed by atoms with Gasteiger partial charge in [0.1, 0.15) is 0 Å². The third-order valence-electron chi connectivity index (χ3n) is 4.37. The summed E-state index contributed by atoms with van der Waals surface area (Å²) in [4.78, 5) is 23.6. The molecule has 2 rings (SSSR count). The number of rotatable bonds is 5. The van der Waals surface area contributed by atoms with E-state index in [9.17, 15) is 9.59 Å². The van der Waals surface area contributed by atoms with Gasteiger partial charge in [0.15, 0.2) is 0 Å². The van der Waals surface area contributed by atoms with Crippen LogP contribution in [-0.2, 0) is 9.59 Å². The lowest BCUT2D eigenvalue weighted by Gasteiger charge is -2.28. The number of amides is 1. The monoisotopic (exact) mass is 323 g/mol. The molecule has 1 amide bonds. The molecule has 3 atom stereocenters. The molecule has 1 aromatic rings. The standard InChI is InChI=1S/C17H22ClNO3/c1-2-15(11-5-4-8-14(18)10-11)19-16(20)12-6-3-7-13(9-12)17(21)22/h4-5,8,10,12-13,15H,2-3,6-7,9H2,1H3,(H,19,20)(H,21,22). The van der Waals surface area contributed by atoms with Gasteiger partial charge in [0.25, 0.3) is 0 Å². The molecule has 3 unspecified atom stereocenters. The van der Waals surface area contributed by atoms with Gasteiger partial charge in [-0.3, -0.25) is 9.59 Å². The highest BCUT2D eigenvalue weighted by Crippen LogP contribution is 2.30. The maximum absolute atomic E-state index is 12.5. The summed E-state index contributed by atoms with van der Waals surface area (Å²) in [5.74, 6) is -1.43. The lowest BCUT2D eigenvalue weighted by Crippen LogP contribution is -2.37. The van der Waals surface area contributed by atoms with Crippen LogP contribution >= 0.6 is 11.6 Å².